The average molecular weight is 365 g/mol. The molecule has 2 fully saturated rings. The van der Waals surface area contributed by atoms with E-state index < -0.39 is 0 Å². The highest BCUT2D eigenvalue weighted by atomic mass is 16.5. The van der Waals surface area contributed by atoms with Gasteiger partial charge < -0.3 is 9.64 Å². The van der Waals surface area contributed by atoms with Gasteiger partial charge in [-0.15, -0.1) is 0 Å². The van der Waals surface area contributed by atoms with Crippen LogP contribution in [-0.4, -0.2) is 41.0 Å². The lowest BCUT2D eigenvalue weighted by molar-refractivity contribution is -0.131. The van der Waals surface area contributed by atoms with Gasteiger partial charge in [0.05, 0.1) is 17.8 Å². The highest BCUT2D eigenvalue weighted by Crippen LogP contribution is 2.39. The first-order valence-electron chi connectivity index (χ1n) is 9.73. The van der Waals surface area contributed by atoms with Crippen LogP contribution in [0.25, 0.3) is 11.1 Å². The molecule has 1 spiro atoms. The summed E-state index contributed by atoms with van der Waals surface area (Å²) in [6, 6.07) is 12.5. The highest BCUT2D eigenvalue weighted by molar-refractivity contribution is 5.88. The number of pyridine rings is 1. The molecule has 3 heterocycles. The maximum absolute atomic E-state index is 12.5. The van der Waals surface area contributed by atoms with Crippen molar-refractivity contribution in [2.45, 2.75) is 50.8 Å². The second-order valence-corrected chi connectivity index (χ2v) is 7.95. The molecule has 27 heavy (non-hydrogen) atoms. The number of hydrogen-bond acceptors (Lipinski definition) is 4. The number of benzene rings is 1. The van der Waals surface area contributed by atoms with E-state index in [9.17, 15) is 4.79 Å². The monoisotopic (exact) mass is 365 g/mol. The lowest BCUT2D eigenvalue weighted by Crippen LogP contribution is -2.47. The smallest absolute Gasteiger partial charge is 0.242 e. The second-order valence-electron chi connectivity index (χ2n) is 7.95. The van der Waals surface area contributed by atoms with Crippen LogP contribution < -0.4 is 10.1 Å². The molecule has 0 unspecified atom stereocenters. The summed E-state index contributed by atoms with van der Waals surface area (Å²) in [5.41, 5.74) is 2.90. The predicted octanol–water partition coefficient (Wildman–Crippen LogP) is 3.56. The third-order valence-electron chi connectivity index (χ3n) is 5.64. The molecular weight excluding hydrogens is 338 g/mol. The van der Waals surface area contributed by atoms with E-state index in [1.165, 1.54) is 0 Å². The topological polar surface area (TPSA) is 54.5 Å². The first-order valence-corrected chi connectivity index (χ1v) is 9.73. The van der Waals surface area contributed by atoms with Gasteiger partial charge in [0.1, 0.15) is 11.3 Å². The second kappa shape index (κ2) is 6.97. The summed E-state index contributed by atoms with van der Waals surface area (Å²) >= 11 is 0. The van der Waals surface area contributed by atoms with Crippen molar-refractivity contribution in [2.24, 2.45) is 0 Å². The molecule has 1 amide bonds. The fraction of sp³-hybridized carbons (Fsp3) is 0.455. The number of nitrogens with one attached hydrogen (secondary N) is 1. The van der Waals surface area contributed by atoms with Crippen LogP contribution in [-0.2, 0) is 4.79 Å². The summed E-state index contributed by atoms with van der Waals surface area (Å²) in [5.74, 6) is 1.10. The standard InChI is InChI=1S/C22H27N3O2/c1-15(2)27-18-6-4-16(5-7-18)17-9-12-23-20(14-17)19-8-10-22(24-19)11-13-25(3)21(22)26/h4-7,9,12,14-15,19,24H,8,10-11,13H2,1-3H3/t19-,22+/m1/s1. The maximum atomic E-state index is 12.5. The Morgan fingerprint density at radius 1 is 1.19 bits per heavy atom. The molecular formula is C22H27N3O2. The van der Waals surface area contributed by atoms with E-state index in [-0.39, 0.29) is 23.6 Å². The molecule has 0 saturated carbocycles. The van der Waals surface area contributed by atoms with Crippen LogP contribution in [0.15, 0.2) is 42.6 Å². The van der Waals surface area contributed by atoms with E-state index in [4.69, 9.17) is 4.74 Å². The number of nitrogens with zero attached hydrogens (tertiary/aromatic N) is 2. The molecule has 1 aromatic carbocycles. The fourth-order valence-electron chi connectivity index (χ4n) is 4.21. The molecule has 2 saturated heterocycles. The number of likely N-dealkylation sites (tertiary alicyclic amines) is 1. The Kier molecular flexibility index (Phi) is 4.64. The Morgan fingerprint density at radius 3 is 2.63 bits per heavy atom. The SMILES string of the molecule is CC(C)Oc1ccc(-c2ccnc([C@H]3CC[C@@]4(CCN(C)C4=O)N3)c2)cc1. The summed E-state index contributed by atoms with van der Waals surface area (Å²) in [6.07, 6.45) is 4.74. The maximum Gasteiger partial charge on any atom is 0.242 e. The molecule has 2 aliphatic heterocycles. The van der Waals surface area contributed by atoms with E-state index in [1.807, 2.05) is 50.2 Å². The average Bonchev–Trinajstić information content (AvgIpc) is 3.22. The number of rotatable bonds is 4. The van der Waals surface area contributed by atoms with Crippen LogP contribution in [0.2, 0.25) is 0 Å². The van der Waals surface area contributed by atoms with E-state index in [2.05, 4.69) is 28.5 Å². The molecule has 5 nitrogen and oxygen atoms in total. The van der Waals surface area contributed by atoms with Crippen LogP contribution in [0, 0.1) is 0 Å². The van der Waals surface area contributed by atoms with E-state index in [0.717, 1.165) is 48.4 Å². The lowest BCUT2D eigenvalue weighted by Gasteiger charge is -2.23. The van der Waals surface area contributed by atoms with Gasteiger partial charge in [0, 0.05) is 19.8 Å². The van der Waals surface area contributed by atoms with Crippen molar-refractivity contribution < 1.29 is 9.53 Å². The van der Waals surface area contributed by atoms with Crippen molar-refractivity contribution in [3.63, 3.8) is 0 Å². The van der Waals surface area contributed by atoms with Crippen LogP contribution >= 0.6 is 0 Å². The summed E-state index contributed by atoms with van der Waals surface area (Å²) in [5, 5.41) is 3.60. The van der Waals surface area contributed by atoms with E-state index in [1.54, 1.807) is 0 Å². The van der Waals surface area contributed by atoms with Gasteiger partial charge in [0.25, 0.3) is 0 Å². The Hall–Kier alpha value is -2.40. The molecule has 4 rings (SSSR count). The Balaban J connectivity index is 1.52. The number of carbonyl (C=O) groups is 1. The van der Waals surface area contributed by atoms with Crippen molar-refractivity contribution in [1.82, 2.24) is 15.2 Å². The van der Waals surface area contributed by atoms with Crippen molar-refractivity contribution in [3.05, 3.63) is 48.3 Å². The highest BCUT2D eigenvalue weighted by Gasteiger charge is 2.50. The van der Waals surface area contributed by atoms with Crippen molar-refractivity contribution in [3.8, 4) is 16.9 Å². The Morgan fingerprint density at radius 2 is 1.96 bits per heavy atom. The zero-order valence-corrected chi connectivity index (χ0v) is 16.2. The predicted molar refractivity (Wildman–Crippen MR) is 106 cm³/mol. The number of hydrogen-bond donors (Lipinski definition) is 1. The first-order chi connectivity index (χ1) is 13.0. The molecule has 5 heteroatoms. The summed E-state index contributed by atoms with van der Waals surface area (Å²) in [4.78, 5) is 19.0. The largest absolute Gasteiger partial charge is 0.491 e. The quantitative estimate of drug-likeness (QED) is 0.900. The third-order valence-corrected chi connectivity index (χ3v) is 5.64. The molecule has 0 bridgehead atoms. The molecule has 2 aromatic rings. The molecule has 1 N–H and O–H groups in total. The van der Waals surface area contributed by atoms with Gasteiger partial charge in [-0.1, -0.05) is 12.1 Å². The lowest BCUT2D eigenvalue weighted by atomic mass is 9.96. The minimum absolute atomic E-state index is 0.129. The van der Waals surface area contributed by atoms with Crippen molar-refractivity contribution in [2.75, 3.05) is 13.6 Å². The summed E-state index contributed by atoms with van der Waals surface area (Å²) in [7, 11) is 1.89. The minimum atomic E-state index is -0.382. The normalized spacial score (nSPS) is 25.0. The molecule has 0 radical (unpaired) electrons. The molecule has 2 aliphatic rings. The van der Waals surface area contributed by atoms with E-state index in [0.29, 0.717) is 0 Å². The van der Waals surface area contributed by atoms with Gasteiger partial charge in [-0.3, -0.25) is 15.1 Å². The molecule has 142 valence electrons. The molecule has 0 aliphatic carbocycles. The van der Waals surface area contributed by atoms with E-state index >= 15 is 0 Å². The minimum Gasteiger partial charge on any atom is -0.491 e. The van der Waals surface area contributed by atoms with Crippen molar-refractivity contribution >= 4 is 5.91 Å². The van der Waals surface area contributed by atoms with Gasteiger partial charge in [0.2, 0.25) is 5.91 Å². The molecule has 2 atom stereocenters. The zero-order chi connectivity index (χ0) is 19.0. The summed E-state index contributed by atoms with van der Waals surface area (Å²) in [6.45, 7) is 4.88. The number of aromatic nitrogens is 1. The summed E-state index contributed by atoms with van der Waals surface area (Å²) < 4.78 is 5.72. The number of likely N-dealkylation sites (N-methyl/N-ethyl adjacent to an activating group) is 1. The van der Waals surface area contributed by atoms with Crippen LogP contribution in [0.5, 0.6) is 5.75 Å². The number of amides is 1. The van der Waals surface area contributed by atoms with Gasteiger partial charge in [-0.25, -0.2) is 0 Å². The van der Waals surface area contributed by atoms with Gasteiger partial charge in [-0.05, 0) is 68.5 Å². The number of ether oxygens (including phenoxy) is 1. The van der Waals surface area contributed by atoms with Gasteiger partial charge in [-0.2, -0.15) is 0 Å². The zero-order valence-electron chi connectivity index (χ0n) is 16.2. The molecule has 1 aromatic heterocycles. The Bertz CT molecular complexity index is 834. The first kappa shape index (κ1) is 18.0. The third kappa shape index (κ3) is 3.44. The van der Waals surface area contributed by atoms with Crippen LogP contribution in [0.1, 0.15) is 44.8 Å². The van der Waals surface area contributed by atoms with Crippen molar-refractivity contribution in [1.29, 1.82) is 0 Å². The number of carbonyl (C=O) groups excluding carboxylic acids is 1. The fourth-order valence-corrected chi connectivity index (χ4v) is 4.21. The van der Waals surface area contributed by atoms with Gasteiger partial charge >= 0.3 is 0 Å². The van der Waals surface area contributed by atoms with Gasteiger partial charge in [0.15, 0.2) is 0 Å². The van der Waals surface area contributed by atoms with Crippen LogP contribution in [0.4, 0.5) is 0 Å². The Labute approximate surface area is 160 Å². The van der Waals surface area contributed by atoms with Crippen LogP contribution in [0.3, 0.4) is 0 Å².